The summed E-state index contributed by atoms with van der Waals surface area (Å²) in [6.07, 6.45) is 0. The number of rotatable bonds is 3. The Labute approximate surface area is 128 Å². The Hall–Kier alpha value is -2.33. The lowest BCUT2D eigenvalue weighted by Crippen LogP contribution is -2.23. The molecule has 0 aromatic heterocycles. The van der Waals surface area contributed by atoms with E-state index in [1.165, 1.54) is 11.8 Å². The van der Waals surface area contributed by atoms with Crippen molar-refractivity contribution in [1.29, 1.82) is 0 Å². The highest BCUT2D eigenvalue weighted by molar-refractivity contribution is 6.34. The summed E-state index contributed by atoms with van der Waals surface area (Å²) < 4.78 is 0. The average Bonchev–Trinajstić information content (AvgIpc) is 2.47. The van der Waals surface area contributed by atoms with E-state index < -0.39 is 0 Å². The van der Waals surface area contributed by atoms with Gasteiger partial charge in [0.25, 0.3) is 5.91 Å². The third-order valence-electron chi connectivity index (χ3n) is 3.08. The number of nitrogens with zero attached hydrogens (tertiary/aromatic N) is 1. The Morgan fingerprint density at radius 1 is 1.10 bits per heavy atom. The van der Waals surface area contributed by atoms with E-state index in [2.05, 4.69) is 5.32 Å². The third kappa shape index (κ3) is 3.61. The largest absolute Gasteiger partial charge is 0.322 e. The fourth-order valence-corrected chi connectivity index (χ4v) is 2.04. The van der Waals surface area contributed by atoms with Crippen molar-refractivity contribution in [3.05, 3.63) is 59.1 Å². The maximum absolute atomic E-state index is 12.2. The first-order valence-corrected chi connectivity index (χ1v) is 6.77. The zero-order valence-corrected chi connectivity index (χ0v) is 12.5. The quantitative estimate of drug-likeness (QED) is 0.942. The number of carbonyl (C=O) groups is 2. The zero-order chi connectivity index (χ0) is 15.4. The molecule has 21 heavy (non-hydrogen) atoms. The molecule has 1 N–H and O–H groups in total. The first kappa shape index (κ1) is 15.1. The summed E-state index contributed by atoms with van der Waals surface area (Å²) in [6.45, 7) is 1.48. The molecule has 108 valence electrons. The molecule has 0 saturated heterocycles. The van der Waals surface area contributed by atoms with Crippen LogP contribution in [-0.2, 0) is 4.79 Å². The lowest BCUT2D eigenvalue weighted by molar-refractivity contribution is -0.116. The molecule has 0 spiro atoms. The molecule has 0 fully saturated rings. The standard InChI is InChI=1S/C16H15ClN2O2/c1-11(20)19(2)13-7-5-6-12(10-13)18-16(21)14-8-3-4-9-15(14)17/h3-10H,1-2H3,(H,18,21). The van der Waals surface area contributed by atoms with Gasteiger partial charge in [-0.1, -0.05) is 29.8 Å². The van der Waals surface area contributed by atoms with Gasteiger partial charge in [-0.15, -0.1) is 0 Å². The minimum Gasteiger partial charge on any atom is -0.322 e. The van der Waals surface area contributed by atoms with E-state index in [-0.39, 0.29) is 11.8 Å². The van der Waals surface area contributed by atoms with Crippen molar-refractivity contribution in [2.75, 3.05) is 17.3 Å². The van der Waals surface area contributed by atoms with E-state index >= 15 is 0 Å². The fourth-order valence-electron chi connectivity index (χ4n) is 1.82. The van der Waals surface area contributed by atoms with Crippen LogP contribution in [0.1, 0.15) is 17.3 Å². The molecule has 0 saturated carbocycles. The molecular formula is C16H15ClN2O2. The Balaban J connectivity index is 2.21. The summed E-state index contributed by atoms with van der Waals surface area (Å²) in [5.41, 5.74) is 1.72. The van der Waals surface area contributed by atoms with E-state index in [1.807, 2.05) is 0 Å². The number of nitrogens with one attached hydrogen (secondary N) is 1. The third-order valence-corrected chi connectivity index (χ3v) is 3.41. The fraction of sp³-hybridized carbons (Fsp3) is 0.125. The van der Waals surface area contributed by atoms with Gasteiger partial charge in [0.1, 0.15) is 0 Å². The molecule has 0 atom stereocenters. The lowest BCUT2D eigenvalue weighted by atomic mass is 10.2. The zero-order valence-electron chi connectivity index (χ0n) is 11.8. The first-order chi connectivity index (χ1) is 9.99. The van der Waals surface area contributed by atoms with Gasteiger partial charge in [0, 0.05) is 25.3 Å². The second-order valence-electron chi connectivity index (χ2n) is 4.56. The van der Waals surface area contributed by atoms with Crippen LogP contribution in [0.2, 0.25) is 5.02 Å². The molecule has 0 heterocycles. The topological polar surface area (TPSA) is 49.4 Å². The Bertz CT molecular complexity index is 685. The molecule has 0 aliphatic rings. The molecule has 5 heteroatoms. The predicted octanol–water partition coefficient (Wildman–Crippen LogP) is 3.58. The van der Waals surface area contributed by atoms with Crippen LogP contribution in [0.4, 0.5) is 11.4 Å². The highest BCUT2D eigenvalue weighted by Gasteiger charge is 2.11. The van der Waals surface area contributed by atoms with Gasteiger partial charge in [0.15, 0.2) is 0 Å². The summed E-state index contributed by atoms with van der Waals surface area (Å²) in [5.74, 6) is -0.368. The van der Waals surface area contributed by atoms with Crippen LogP contribution >= 0.6 is 11.6 Å². The van der Waals surface area contributed by atoms with Crippen LogP contribution in [-0.4, -0.2) is 18.9 Å². The summed E-state index contributed by atoms with van der Waals surface area (Å²) in [7, 11) is 1.68. The summed E-state index contributed by atoms with van der Waals surface area (Å²) in [6, 6.07) is 13.9. The number of carbonyl (C=O) groups excluding carboxylic acids is 2. The Morgan fingerprint density at radius 3 is 2.48 bits per heavy atom. The minimum absolute atomic E-state index is 0.0791. The molecular weight excluding hydrogens is 288 g/mol. The number of amides is 2. The first-order valence-electron chi connectivity index (χ1n) is 6.39. The van der Waals surface area contributed by atoms with E-state index in [4.69, 9.17) is 11.6 Å². The molecule has 0 bridgehead atoms. The van der Waals surface area contributed by atoms with Crippen molar-refractivity contribution in [2.24, 2.45) is 0 Å². The average molecular weight is 303 g/mol. The van der Waals surface area contributed by atoms with Gasteiger partial charge in [-0.25, -0.2) is 0 Å². The molecule has 2 rings (SSSR count). The Morgan fingerprint density at radius 2 is 1.81 bits per heavy atom. The second kappa shape index (κ2) is 6.41. The van der Waals surface area contributed by atoms with Crippen molar-refractivity contribution in [1.82, 2.24) is 0 Å². The van der Waals surface area contributed by atoms with Crippen LogP contribution in [0.15, 0.2) is 48.5 Å². The van der Waals surface area contributed by atoms with Gasteiger partial charge >= 0.3 is 0 Å². The van der Waals surface area contributed by atoms with Crippen molar-refractivity contribution in [2.45, 2.75) is 6.92 Å². The molecule has 2 aromatic rings. The number of hydrogen-bond donors (Lipinski definition) is 1. The van der Waals surface area contributed by atoms with Crippen molar-refractivity contribution < 1.29 is 9.59 Å². The van der Waals surface area contributed by atoms with Gasteiger partial charge in [0.05, 0.1) is 10.6 Å². The minimum atomic E-state index is -0.289. The SMILES string of the molecule is CC(=O)N(C)c1cccc(NC(=O)c2ccccc2Cl)c1. The monoisotopic (exact) mass is 302 g/mol. The number of halogens is 1. The van der Waals surface area contributed by atoms with Crippen molar-refractivity contribution in [3.8, 4) is 0 Å². The van der Waals surface area contributed by atoms with E-state index in [0.717, 1.165) is 0 Å². The van der Waals surface area contributed by atoms with Crippen LogP contribution in [0.5, 0.6) is 0 Å². The maximum atomic E-state index is 12.2. The maximum Gasteiger partial charge on any atom is 0.257 e. The molecule has 2 aromatic carbocycles. The van der Waals surface area contributed by atoms with Crippen molar-refractivity contribution in [3.63, 3.8) is 0 Å². The number of benzene rings is 2. The molecule has 4 nitrogen and oxygen atoms in total. The molecule has 0 aliphatic carbocycles. The van der Waals surface area contributed by atoms with Gasteiger partial charge in [-0.3, -0.25) is 9.59 Å². The molecule has 2 amide bonds. The highest BCUT2D eigenvalue weighted by atomic mass is 35.5. The summed E-state index contributed by atoms with van der Waals surface area (Å²) in [5, 5.41) is 3.17. The van der Waals surface area contributed by atoms with Crippen LogP contribution in [0.25, 0.3) is 0 Å². The normalized spacial score (nSPS) is 10.0. The number of anilines is 2. The summed E-state index contributed by atoms with van der Waals surface area (Å²) in [4.78, 5) is 25.0. The van der Waals surface area contributed by atoms with Crippen LogP contribution < -0.4 is 10.2 Å². The summed E-state index contributed by atoms with van der Waals surface area (Å²) >= 11 is 5.99. The smallest absolute Gasteiger partial charge is 0.257 e. The van der Waals surface area contributed by atoms with Gasteiger partial charge < -0.3 is 10.2 Å². The van der Waals surface area contributed by atoms with Crippen molar-refractivity contribution >= 4 is 34.8 Å². The number of hydrogen-bond acceptors (Lipinski definition) is 2. The van der Waals surface area contributed by atoms with E-state index in [0.29, 0.717) is 22.0 Å². The predicted molar refractivity (Wildman–Crippen MR) is 84.9 cm³/mol. The van der Waals surface area contributed by atoms with Gasteiger partial charge in [-0.2, -0.15) is 0 Å². The molecule has 0 unspecified atom stereocenters. The van der Waals surface area contributed by atoms with Gasteiger partial charge in [0.2, 0.25) is 5.91 Å². The van der Waals surface area contributed by atoms with Crippen LogP contribution in [0.3, 0.4) is 0 Å². The second-order valence-corrected chi connectivity index (χ2v) is 4.97. The van der Waals surface area contributed by atoms with E-state index in [1.54, 1.807) is 55.6 Å². The van der Waals surface area contributed by atoms with Crippen LogP contribution in [0, 0.1) is 0 Å². The lowest BCUT2D eigenvalue weighted by Gasteiger charge is -2.16. The van der Waals surface area contributed by atoms with E-state index in [9.17, 15) is 9.59 Å². The Kier molecular flexibility index (Phi) is 4.60. The molecule has 0 radical (unpaired) electrons. The highest BCUT2D eigenvalue weighted by Crippen LogP contribution is 2.21. The molecule has 0 aliphatic heterocycles. The van der Waals surface area contributed by atoms with Gasteiger partial charge in [-0.05, 0) is 30.3 Å².